The average Bonchev–Trinajstić information content (AvgIpc) is 3.79. The van der Waals surface area contributed by atoms with Gasteiger partial charge in [-0.3, -0.25) is 9.78 Å². The molecule has 0 spiro atoms. The molecule has 49 heavy (non-hydrogen) atoms. The third-order valence-electron chi connectivity index (χ3n) is 9.43. The highest BCUT2D eigenvalue weighted by Crippen LogP contribution is 2.37. The molecule has 260 valence electrons. The summed E-state index contributed by atoms with van der Waals surface area (Å²) in [7, 11) is 5.86. The fourth-order valence-electron chi connectivity index (χ4n) is 6.59. The summed E-state index contributed by atoms with van der Waals surface area (Å²) >= 11 is 0. The highest BCUT2D eigenvalue weighted by atomic mass is 16.5. The predicted octanol–water partition coefficient (Wildman–Crippen LogP) is 3.81. The number of pyridine rings is 1. The normalized spacial score (nSPS) is 17.3. The van der Waals surface area contributed by atoms with Gasteiger partial charge in [-0.1, -0.05) is 6.92 Å². The number of fused-ring (bicyclic) bond motifs is 1. The second kappa shape index (κ2) is 15.2. The number of rotatable bonds is 12. The number of anilines is 2. The molecule has 5 N–H and O–H groups in total. The Morgan fingerprint density at radius 3 is 2.71 bits per heavy atom. The number of amidine groups is 1. The van der Waals surface area contributed by atoms with Crippen LogP contribution in [-0.4, -0.2) is 109 Å². The van der Waals surface area contributed by atoms with Gasteiger partial charge in [0.05, 0.1) is 47.9 Å². The fraction of sp³-hybridized carbons (Fsp3) is 0.444. The Hall–Kier alpha value is -4.72. The van der Waals surface area contributed by atoms with Gasteiger partial charge in [0.2, 0.25) is 0 Å². The molecular formula is C36H47N9O4. The number of nitrogens with one attached hydrogen (secondary N) is 2. The minimum Gasteiger partial charge on any atom is -0.508 e. The molecule has 1 aromatic carbocycles. The van der Waals surface area contributed by atoms with Crippen LogP contribution in [0, 0.1) is 0 Å². The third kappa shape index (κ3) is 7.64. The zero-order chi connectivity index (χ0) is 34.5. The molecule has 5 heterocycles. The van der Waals surface area contributed by atoms with E-state index in [1.165, 1.54) is 0 Å². The maximum atomic E-state index is 13.1. The van der Waals surface area contributed by atoms with Crippen molar-refractivity contribution in [1.82, 2.24) is 24.8 Å². The molecule has 4 aromatic rings. The zero-order valence-corrected chi connectivity index (χ0v) is 28.8. The molecule has 2 aliphatic heterocycles. The molecule has 13 heteroatoms. The molecule has 0 aliphatic carbocycles. The monoisotopic (exact) mass is 669 g/mol. The summed E-state index contributed by atoms with van der Waals surface area (Å²) in [6, 6.07) is 9.70. The van der Waals surface area contributed by atoms with E-state index in [9.17, 15) is 9.90 Å². The number of hydrogen-bond donors (Lipinski definition) is 4. The Morgan fingerprint density at radius 2 is 2.00 bits per heavy atom. The molecule has 2 aliphatic rings. The van der Waals surface area contributed by atoms with Crippen LogP contribution in [-0.2, 0) is 15.9 Å². The smallest absolute Gasteiger partial charge is 0.270 e. The van der Waals surface area contributed by atoms with Crippen LogP contribution in [0.2, 0.25) is 0 Å². The van der Waals surface area contributed by atoms with Gasteiger partial charge in [0.1, 0.15) is 17.3 Å². The summed E-state index contributed by atoms with van der Waals surface area (Å²) in [5.41, 5.74) is 13.8. The average molecular weight is 670 g/mol. The Kier molecular flexibility index (Phi) is 10.6. The second-order valence-electron chi connectivity index (χ2n) is 12.9. The lowest BCUT2D eigenvalue weighted by Gasteiger charge is -2.37. The molecule has 1 unspecified atom stereocenters. The van der Waals surface area contributed by atoms with Crippen molar-refractivity contribution >= 4 is 34.3 Å². The van der Waals surface area contributed by atoms with Crippen molar-refractivity contribution in [3.8, 4) is 16.9 Å². The van der Waals surface area contributed by atoms with Crippen LogP contribution in [0.25, 0.3) is 16.6 Å². The van der Waals surface area contributed by atoms with E-state index in [0.29, 0.717) is 61.6 Å². The van der Waals surface area contributed by atoms with E-state index in [2.05, 4.69) is 45.6 Å². The van der Waals surface area contributed by atoms with Crippen LogP contribution < -0.4 is 21.3 Å². The number of aryl methyl sites for hydroxylation is 1. The number of aromatic hydroxyl groups is 1. The van der Waals surface area contributed by atoms with Crippen LogP contribution in [0.5, 0.6) is 5.75 Å². The molecule has 1 amide bonds. The predicted molar refractivity (Wildman–Crippen MR) is 192 cm³/mol. The van der Waals surface area contributed by atoms with Gasteiger partial charge < -0.3 is 40.7 Å². The summed E-state index contributed by atoms with van der Waals surface area (Å²) in [5.74, 6) is 0.272. The summed E-state index contributed by atoms with van der Waals surface area (Å²) in [5, 5.41) is 21.4. The lowest BCUT2D eigenvalue weighted by atomic mass is 10.0. The quantitative estimate of drug-likeness (QED) is 0.0995. The molecule has 6 rings (SSSR count). The molecular weight excluding hydrogens is 622 g/mol. The Bertz CT molecular complexity index is 1810. The molecule has 0 bridgehead atoms. The number of ether oxygens (including phenoxy) is 2. The van der Waals surface area contributed by atoms with Gasteiger partial charge in [-0.25, -0.2) is 9.51 Å². The zero-order valence-electron chi connectivity index (χ0n) is 28.8. The molecule has 3 aromatic heterocycles. The van der Waals surface area contributed by atoms with E-state index in [0.717, 1.165) is 65.9 Å². The number of methoxy groups -OCH3 is 1. The van der Waals surface area contributed by atoms with Crippen LogP contribution in [0.4, 0.5) is 17.1 Å². The van der Waals surface area contributed by atoms with E-state index in [1.807, 2.05) is 23.7 Å². The number of nitrogens with two attached hydrogens (primary N) is 1. The highest BCUT2D eigenvalue weighted by Gasteiger charge is 2.26. The van der Waals surface area contributed by atoms with Gasteiger partial charge in [-0.15, -0.1) is 0 Å². The van der Waals surface area contributed by atoms with Gasteiger partial charge >= 0.3 is 0 Å². The number of phenols is 1. The number of carbonyl (C=O) groups excluding carboxylic acids is 1. The third-order valence-corrected chi connectivity index (χ3v) is 9.43. The van der Waals surface area contributed by atoms with Gasteiger partial charge in [0.25, 0.3) is 5.91 Å². The number of aromatic nitrogens is 3. The van der Waals surface area contributed by atoms with Crippen LogP contribution in [0.3, 0.4) is 0 Å². The lowest BCUT2D eigenvalue weighted by molar-refractivity contribution is 0.0932. The van der Waals surface area contributed by atoms with Gasteiger partial charge in [0.15, 0.2) is 0 Å². The van der Waals surface area contributed by atoms with Crippen molar-refractivity contribution in [3.05, 3.63) is 65.7 Å². The second-order valence-corrected chi connectivity index (χ2v) is 12.9. The largest absolute Gasteiger partial charge is 0.508 e. The van der Waals surface area contributed by atoms with Crippen LogP contribution >= 0.6 is 0 Å². The number of piperidine rings is 1. The first-order valence-electron chi connectivity index (χ1n) is 17.0. The number of hydrogen-bond acceptors (Lipinski definition) is 10. The van der Waals surface area contributed by atoms with Crippen molar-refractivity contribution in [2.45, 2.75) is 44.7 Å². The maximum Gasteiger partial charge on any atom is 0.270 e. The van der Waals surface area contributed by atoms with E-state index in [4.69, 9.17) is 25.3 Å². The van der Waals surface area contributed by atoms with E-state index < -0.39 is 0 Å². The maximum absolute atomic E-state index is 13.1. The number of nitrogens with zero attached hydrogens (tertiary/aromatic N) is 6. The first-order valence-corrected chi connectivity index (χ1v) is 17.0. The van der Waals surface area contributed by atoms with Gasteiger partial charge in [0, 0.05) is 68.6 Å². The number of benzene rings is 1. The Morgan fingerprint density at radius 1 is 1.18 bits per heavy atom. The summed E-state index contributed by atoms with van der Waals surface area (Å²) < 4.78 is 12.6. The standard InChI is InChI=1S/C36H47N9O4/c1-5-23-16-27(46)6-7-30(23)42-35(37)29-20-40-45-21-24(17-33(45)34(29)41-25-10-14-49-22-25)28-19-39-31(36(47)38-11-15-48-4)18-32(28)44-12-8-26(9-13-44)43(2)3/h6-7,16-21,25-26,41,46H,5,8-15,22H2,1-4H3,(H2,37,42)(H,38,47). The van der Waals surface area contributed by atoms with E-state index in [1.54, 1.807) is 37.7 Å². The summed E-state index contributed by atoms with van der Waals surface area (Å²) in [4.78, 5) is 27.1. The first kappa shape index (κ1) is 34.2. The van der Waals surface area contributed by atoms with Gasteiger partial charge in [-0.05, 0) is 75.7 Å². The number of aliphatic imine (C=N–C) groups is 1. The van der Waals surface area contributed by atoms with E-state index in [-0.39, 0.29) is 17.7 Å². The SMILES string of the molecule is CCc1cc(O)ccc1/N=C(\N)c1cnn2cc(-c3cnc(C(=O)NCCOC)cc3N3CCC(N(C)C)CC3)cc2c1NC1CCOC1. The highest BCUT2D eigenvalue weighted by molar-refractivity contribution is 6.07. The van der Waals surface area contributed by atoms with Crippen molar-refractivity contribution in [3.63, 3.8) is 0 Å². The fourth-order valence-corrected chi connectivity index (χ4v) is 6.59. The van der Waals surface area contributed by atoms with Gasteiger partial charge in [-0.2, -0.15) is 5.10 Å². The topological polar surface area (TPSA) is 155 Å². The molecule has 2 saturated heterocycles. The molecule has 13 nitrogen and oxygen atoms in total. The van der Waals surface area contributed by atoms with Crippen LogP contribution in [0.1, 0.15) is 47.8 Å². The Balaban J connectivity index is 1.42. The van der Waals surface area contributed by atoms with Crippen molar-refractivity contribution in [2.24, 2.45) is 10.7 Å². The summed E-state index contributed by atoms with van der Waals surface area (Å²) in [6.07, 6.45) is 9.11. The van der Waals surface area contributed by atoms with Crippen molar-refractivity contribution < 1.29 is 19.4 Å². The molecule has 0 radical (unpaired) electrons. The Labute approximate surface area is 287 Å². The first-order chi connectivity index (χ1) is 23.7. The molecule has 2 fully saturated rings. The number of carbonyl (C=O) groups is 1. The molecule has 1 atom stereocenters. The number of amides is 1. The minimum absolute atomic E-state index is 0.0992. The molecule has 0 saturated carbocycles. The van der Waals surface area contributed by atoms with Crippen molar-refractivity contribution in [2.75, 3.05) is 70.9 Å². The number of phenolic OH excluding ortho intramolecular Hbond substituents is 1. The minimum atomic E-state index is -0.235. The van der Waals surface area contributed by atoms with Crippen LogP contribution in [0.15, 0.2) is 53.9 Å². The van der Waals surface area contributed by atoms with E-state index >= 15 is 0 Å². The van der Waals surface area contributed by atoms with Crippen molar-refractivity contribution in [1.29, 1.82) is 0 Å². The lowest BCUT2D eigenvalue weighted by Crippen LogP contribution is -2.42. The summed E-state index contributed by atoms with van der Waals surface area (Å²) in [6.45, 7) is 5.83.